The number of benzene rings is 1. The summed E-state index contributed by atoms with van der Waals surface area (Å²) in [7, 11) is 0. The summed E-state index contributed by atoms with van der Waals surface area (Å²) in [6.07, 6.45) is -1.07. The Bertz CT molecular complexity index is 687. The monoisotopic (exact) mass is 292 g/mol. The number of imidazole rings is 1. The van der Waals surface area contributed by atoms with Gasteiger partial charge in [-0.05, 0) is 26.0 Å². The van der Waals surface area contributed by atoms with E-state index in [1.807, 2.05) is 31.2 Å². The standard InChI is InChI=1S/C15H20N2O4/c1-3-16-12-7-5-6-8-13(12)17(15(16)20)10-11(18)9-14(19)21-4-2/h5-8,11,18H,3-4,9-10H2,1-2H3. The molecule has 1 aromatic carbocycles. The Balaban J connectivity index is 2.28. The molecule has 2 aromatic rings. The molecule has 0 aliphatic carbocycles. The first-order chi connectivity index (χ1) is 10.1. The first-order valence-electron chi connectivity index (χ1n) is 7.10. The second-order valence-electron chi connectivity index (χ2n) is 4.79. The van der Waals surface area contributed by atoms with Crippen molar-refractivity contribution in [3.8, 4) is 0 Å². The molecule has 21 heavy (non-hydrogen) atoms. The molecule has 2 rings (SSSR count). The predicted octanol–water partition coefficient (Wildman–Crippen LogP) is 1.14. The van der Waals surface area contributed by atoms with Gasteiger partial charge in [-0.3, -0.25) is 13.9 Å². The van der Waals surface area contributed by atoms with Crippen molar-refractivity contribution >= 4 is 17.0 Å². The molecule has 0 bridgehead atoms. The fourth-order valence-electron chi connectivity index (χ4n) is 2.44. The van der Waals surface area contributed by atoms with Gasteiger partial charge in [0.05, 0.1) is 36.7 Å². The van der Waals surface area contributed by atoms with Gasteiger partial charge in [0.25, 0.3) is 0 Å². The number of carbonyl (C=O) groups excluding carboxylic acids is 1. The van der Waals surface area contributed by atoms with E-state index >= 15 is 0 Å². The molecule has 0 saturated carbocycles. The summed E-state index contributed by atoms with van der Waals surface area (Å²) in [5.41, 5.74) is 1.40. The van der Waals surface area contributed by atoms with Crippen molar-refractivity contribution in [2.24, 2.45) is 0 Å². The van der Waals surface area contributed by atoms with E-state index < -0.39 is 12.1 Å². The molecular weight excluding hydrogens is 272 g/mol. The van der Waals surface area contributed by atoms with Crippen molar-refractivity contribution in [2.45, 2.75) is 39.5 Å². The zero-order valence-electron chi connectivity index (χ0n) is 12.3. The number of esters is 1. The number of aliphatic hydroxyl groups is 1. The normalized spacial score (nSPS) is 12.5. The van der Waals surface area contributed by atoms with E-state index in [9.17, 15) is 14.7 Å². The first-order valence-corrected chi connectivity index (χ1v) is 7.10. The van der Waals surface area contributed by atoms with E-state index in [0.717, 1.165) is 11.0 Å². The zero-order valence-corrected chi connectivity index (χ0v) is 12.3. The number of carbonyl (C=O) groups is 1. The van der Waals surface area contributed by atoms with Gasteiger partial charge in [0.2, 0.25) is 0 Å². The van der Waals surface area contributed by atoms with Crippen LogP contribution in [0.15, 0.2) is 29.1 Å². The van der Waals surface area contributed by atoms with Gasteiger partial charge >= 0.3 is 11.7 Å². The number of rotatable bonds is 6. The van der Waals surface area contributed by atoms with Crippen LogP contribution in [0, 0.1) is 0 Å². The minimum absolute atomic E-state index is 0.0746. The average molecular weight is 292 g/mol. The third-order valence-corrected chi connectivity index (χ3v) is 3.34. The third kappa shape index (κ3) is 3.16. The van der Waals surface area contributed by atoms with Gasteiger partial charge < -0.3 is 9.84 Å². The molecule has 0 aliphatic rings. The van der Waals surface area contributed by atoms with Gasteiger partial charge in [-0.1, -0.05) is 12.1 Å². The fourth-order valence-corrected chi connectivity index (χ4v) is 2.44. The Morgan fingerprint density at radius 1 is 1.24 bits per heavy atom. The molecule has 1 unspecified atom stereocenters. The maximum Gasteiger partial charge on any atom is 0.329 e. The minimum Gasteiger partial charge on any atom is -0.466 e. The summed E-state index contributed by atoms with van der Waals surface area (Å²) in [6.45, 7) is 4.52. The Labute approximate surface area is 122 Å². The summed E-state index contributed by atoms with van der Waals surface area (Å²) < 4.78 is 7.95. The summed E-state index contributed by atoms with van der Waals surface area (Å²) in [6, 6.07) is 7.41. The quantitative estimate of drug-likeness (QED) is 0.810. The lowest BCUT2D eigenvalue weighted by Gasteiger charge is -2.10. The smallest absolute Gasteiger partial charge is 0.329 e. The summed E-state index contributed by atoms with van der Waals surface area (Å²) in [5, 5.41) is 10.00. The second kappa shape index (κ2) is 6.58. The Hall–Kier alpha value is -2.08. The lowest BCUT2D eigenvalue weighted by Crippen LogP contribution is -2.29. The Morgan fingerprint density at radius 2 is 1.86 bits per heavy atom. The van der Waals surface area contributed by atoms with Gasteiger partial charge in [-0.15, -0.1) is 0 Å². The van der Waals surface area contributed by atoms with Crippen LogP contribution >= 0.6 is 0 Å². The summed E-state index contributed by atoms with van der Waals surface area (Å²) in [4.78, 5) is 23.7. The predicted molar refractivity (Wildman–Crippen MR) is 79.1 cm³/mol. The lowest BCUT2D eigenvalue weighted by atomic mass is 10.2. The summed E-state index contributed by atoms with van der Waals surface area (Å²) in [5.74, 6) is -0.461. The van der Waals surface area contributed by atoms with Crippen LogP contribution in [0.2, 0.25) is 0 Å². The van der Waals surface area contributed by atoms with Crippen LogP contribution in [0.3, 0.4) is 0 Å². The van der Waals surface area contributed by atoms with Crippen molar-refractivity contribution in [3.05, 3.63) is 34.7 Å². The van der Waals surface area contributed by atoms with Gasteiger partial charge in [0.15, 0.2) is 0 Å². The van der Waals surface area contributed by atoms with E-state index in [4.69, 9.17) is 4.74 Å². The van der Waals surface area contributed by atoms with Crippen molar-refractivity contribution in [3.63, 3.8) is 0 Å². The zero-order chi connectivity index (χ0) is 15.4. The number of aliphatic hydroxyl groups excluding tert-OH is 1. The first kappa shape index (κ1) is 15.3. The van der Waals surface area contributed by atoms with E-state index in [1.54, 1.807) is 11.5 Å². The topological polar surface area (TPSA) is 73.5 Å². The van der Waals surface area contributed by atoms with Crippen molar-refractivity contribution < 1.29 is 14.6 Å². The molecule has 0 spiro atoms. The number of para-hydroxylation sites is 2. The number of nitrogens with zero attached hydrogens (tertiary/aromatic N) is 2. The van der Waals surface area contributed by atoms with Crippen LogP contribution in [0.5, 0.6) is 0 Å². The van der Waals surface area contributed by atoms with E-state index in [1.165, 1.54) is 4.57 Å². The number of aromatic nitrogens is 2. The van der Waals surface area contributed by atoms with Crippen LogP contribution in [-0.2, 0) is 22.6 Å². The molecule has 0 radical (unpaired) electrons. The fraction of sp³-hybridized carbons (Fsp3) is 0.467. The van der Waals surface area contributed by atoms with Crippen LogP contribution in [0.1, 0.15) is 20.3 Å². The Morgan fingerprint density at radius 3 is 2.43 bits per heavy atom. The number of hydrogen-bond acceptors (Lipinski definition) is 4. The van der Waals surface area contributed by atoms with Crippen molar-refractivity contribution in [2.75, 3.05) is 6.61 Å². The van der Waals surface area contributed by atoms with Crippen LogP contribution < -0.4 is 5.69 Å². The highest BCUT2D eigenvalue weighted by Gasteiger charge is 2.17. The molecule has 1 atom stereocenters. The number of aryl methyl sites for hydroxylation is 1. The van der Waals surface area contributed by atoms with Crippen molar-refractivity contribution in [1.29, 1.82) is 0 Å². The molecular formula is C15H20N2O4. The average Bonchev–Trinajstić information content (AvgIpc) is 2.71. The molecule has 0 fully saturated rings. The Kier molecular flexibility index (Phi) is 4.80. The summed E-state index contributed by atoms with van der Waals surface area (Å²) >= 11 is 0. The molecule has 1 aromatic heterocycles. The lowest BCUT2D eigenvalue weighted by molar-refractivity contribution is -0.145. The van der Waals surface area contributed by atoms with Crippen molar-refractivity contribution in [1.82, 2.24) is 9.13 Å². The molecule has 0 saturated heterocycles. The highest BCUT2D eigenvalue weighted by molar-refractivity contribution is 5.76. The molecule has 1 heterocycles. The van der Waals surface area contributed by atoms with E-state index in [2.05, 4.69) is 0 Å². The van der Waals surface area contributed by atoms with Gasteiger partial charge in [-0.25, -0.2) is 4.79 Å². The molecule has 114 valence electrons. The van der Waals surface area contributed by atoms with Crippen LogP contribution in [0.4, 0.5) is 0 Å². The molecule has 0 amide bonds. The highest BCUT2D eigenvalue weighted by atomic mass is 16.5. The second-order valence-corrected chi connectivity index (χ2v) is 4.79. The molecule has 6 heteroatoms. The van der Waals surface area contributed by atoms with E-state index in [-0.39, 0.29) is 25.3 Å². The number of ether oxygens (including phenoxy) is 1. The highest BCUT2D eigenvalue weighted by Crippen LogP contribution is 2.13. The maximum absolute atomic E-state index is 12.4. The van der Waals surface area contributed by atoms with E-state index in [0.29, 0.717) is 6.54 Å². The van der Waals surface area contributed by atoms with Gasteiger partial charge in [-0.2, -0.15) is 0 Å². The number of hydrogen-bond donors (Lipinski definition) is 1. The molecule has 6 nitrogen and oxygen atoms in total. The van der Waals surface area contributed by atoms with Gasteiger partial charge in [0.1, 0.15) is 0 Å². The largest absolute Gasteiger partial charge is 0.466 e. The molecule has 1 N–H and O–H groups in total. The van der Waals surface area contributed by atoms with Crippen LogP contribution in [0.25, 0.3) is 11.0 Å². The number of fused-ring (bicyclic) bond motifs is 1. The SMILES string of the molecule is CCOC(=O)CC(O)Cn1c(=O)n(CC)c2ccccc21. The third-order valence-electron chi connectivity index (χ3n) is 3.34. The van der Waals surface area contributed by atoms with Gasteiger partial charge in [0, 0.05) is 6.54 Å². The molecule has 0 aliphatic heterocycles. The van der Waals surface area contributed by atoms with Crippen LogP contribution in [-0.4, -0.2) is 32.9 Å². The maximum atomic E-state index is 12.4. The minimum atomic E-state index is -0.946.